The largest absolute Gasteiger partial charge is 0.314 e. The number of nitrogens with zero attached hydrogens (tertiary/aromatic N) is 1. The van der Waals surface area contributed by atoms with E-state index in [2.05, 4.69) is 42.3 Å². The molecule has 1 aromatic carbocycles. The van der Waals surface area contributed by atoms with Crippen LogP contribution < -0.4 is 5.32 Å². The molecule has 1 N–H and O–H groups in total. The number of thiophene rings is 1. The summed E-state index contributed by atoms with van der Waals surface area (Å²) in [6.45, 7) is 10.3. The van der Waals surface area contributed by atoms with Gasteiger partial charge in [0.15, 0.2) is 0 Å². The molecule has 0 bridgehead atoms. The van der Waals surface area contributed by atoms with Gasteiger partial charge >= 0.3 is 0 Å². The van der Waals surface area contributed by atoms with Crippen molar-refractivity contribution in [3.05, 3.63) is 34.2 Å². The van der Waals surface area contributed by atoms with Gasteiger partial charge in [0.2, 0.25) is 0 Å². The van der Waals surface area contributed by atoms with Crippen molar-refractivity contribution in [1.82, 2.24) is 10.2 Å². The second-order valence-corrected chi connectivity index (χ2v) is 6.71. The fraction of sp³-hybridized carbons (Fsp3) is 0.500. The molecule has 1 fully saturated rings. The van der Waals surface area contributed by atoms with Crippen LogP contribution in [0.25, 0.3) is 10.1 Å². The zero-order valence-corrected chi connectivity index (χ0v) is 12.6. The number of aryl methyl sites for hydroxylation is 2. The monoisotopic (exact) mass is 274 g/mol. The van der Waals surface area contributed by atoms with Gasteiger partial charge in [0.05, 0.1) is 0 Å². The van der Waals surface area contributed by atoms with Crippen molar-refractivity contribution >= 4 is 21.4 Å². The highest BCUT2D eigenvalue weighted by Crippen LogP contribution is 2.30. The van der Waals surface area contributed by atoms with E-state index >= 15 is 0 Å². The minimum Gasteiger partial charge on any atom is -0.314 e. The van der Waals surface area contributed by atoms with Crippen LogP contribution in [0.15, 0.2) is 18.2 Å². The molecule has 0 aliphatic carbocycles. The Morgan fingerprint density at radius 2 is 2.00 bits per heavy atom. The molecule has 2 aromatic rings. The van der Waals surface area contributed by atoms with Crippen LogP contribution in [0.4, 0.5) is 0 Å². The number of hydrogen-bond acceptors (Lipinski definition) is 3. The van der Waals surface area contributed by atoms with Crippen molar-refractivity contribution < 1.29 is 0 Å². The van der Waals surface area contributed by atoms with Crippen molar-refractivity contribution in [3.63, 3.8) is 0 Å². The standard InChI is InChI=1S/C16H22N2S/c1-12-13(2)19-16-11-14(3-4-15(12)16)5-8-18-9-6-17-7-10-18/h3-4,11,17H,5-10H2,1-2H3. The zero-order chi connectivity index (χ0) is 13.2. The summed E-state index contributed by atoms with van der Waals surface area (Å²) in [6, 6.07) is 7.01. The Hall–Kier alpha value is -0.900. The first-order chi connectivity index (χ1) is 9.24. The Labute approximate surface area is 119 Å². The van der Waals surface area contributed by atoms with Crippen molar-refractivity contribution in [2.75, 3.05) is 32.7 Å². The van der Waals surface area contributed by atoms with Gasteiger partial charge in [-0.1, -0.05) is 12.1 Å². The molecular weight excluding hydrogens is 252 g/mol. The molecule has 0 atom stereocenters. The smallest absolute Gasteiger partial charge is 0.0351 e. The molecule has 3 rings (SSSR count). The Balaban J connectivity index is 1.70. The molecule has 0 saturated carbocycles. The lowest BCUT2D eigenvalue weighted by Crippen LogP contribution is -2.44. The molecule has 2 heterocycles. The number of rotatable bonds is 3. The summed E-state index contributed by atoms with van der Waals surface area (Å²) < 4.78 is 1.45. The van der Waals surface area contributed by atoms with Crippen LogP contribution in [0.1, 0.15) is 16.0 Å². The van der Waals surface area contributed by atoms with E-state index in [0.717, 1.165) is 13.1 Å². The van der Waals surface area contributed by atoms with E-state index in [4.69, 9.17) is 0 Å². The first-order valence-corrected chi connectivity index (χ1v) is 7.97. The maximum Gasteiger partial charge on any atom is 0.0351 e. The predicted octanol–water partition coefficient (Wildman–Crippen LogP) is 2.97. The molecule has 1 aliphatic heterocycles. The third-order valence-corrected chi connectivity index (χ3v) is 5.34. The lowest BCUT2D eigenvalue weighted by Gasteiger charge is -2.27. The molecule has 0 spiro atoms. The van der Waals surface area contributed by atoms with Gasteiger partial charge in [-0.15, -0.1) is 11.3 Å². The number of piperazine rings is 1. The first-order valence-electron chi connectivity index (χ1n) is 7.16. The van der Waals surface area contributed by atoms with Crippen molar-refractivity contribution in [2.45, 2.75) is 20.3 Å². The second kappa shape index (κ2) is 5.61. The topological polar surface area (TPSA) is 15.3 Å². The quantitative estimate of drug-likeness (QED) is 0.925. The normalized spacial score (nSPS) is 17.2. The molecule has 3 heteroatoms. The molecular formula is C16H22N2S. The van der Waals surface area contributed by atoms with E-state index in [1.54, 1.807) is 0 Å². The average Bonchev–Trinajstić information content (AvgIpc) is 2.73. The van der Waals surface area contributed by atoms with Gasteiger partial charge < -0.3 is 10.2 Å². The van der Waals surface area contributed by atoms with Gasteiger partial charge in [0, 0.05) is 42.3 Å². The van der Waals surface area contributed by atoms with E-state index in [1.807, 2.05) is 11.3 Å². The van der Waals surface area contributed by atoms with Gasteiger partial charge in [-0.2, -0.15) is 0 Å². The van der Waals surface area contributed by atoms with Gasteiger partial charge in [0.25, 0.3) is 0 Å². The Kier molecular flexibility index (Phi) is 3.87. The van der Waals surface area contributed by atoms with E-state index in [9.17, 15) is 0 Å². The highest BCUT2D eigenvalue weighted by molar-refractivity contribution is 7.19. The lowest BCUT2D eigenvalue weighted by atomic mass is 10.1. The Morgan fingerprint density at radius 3 is 2.79 bits per heavy atom. The second-order valence-electron chi connectivity index (χ2n) is 5.46. The predicted molar refractivity (Wildman–Crippen MR) is 84.3 cm³/mol. The maximum absolute atomic E-state index is 3.41. The van der Waals surface area contributed by atoms with Crippen molar-refractivity contribution in [3.8, 4) is 0 Å². The molecule has 1 aliphatic rings. The highest BCUT2D eigenvalue weighted by Gasteiger charge is 2.10. The minimum absolute atomic E-state index is 1.14. The molecule has 0 amide bonds. The Morgan fingerprint density at radius 1 is 1.21 bits per heavy atom. The summed E-state index contributed by atoms with van der Waals surface area (Å²) in [5.74, 6) is 0. The summed E-state index contributed by atoms with van der Waals surface area (Å²) in [5, 5.41) is 4.84. The fourth-order valence-corrected chi connectivity index (χ4v) is 3.90. The molecule has 0 unspecified atom stereocenters. The van der Waals surface area contributed by atoms with Gasteiger partial charge in [-0.3, -0.25) is 0 Å². The lowest BCUT2D eigenvalue weighted by molar-refractivity contribution is 0.244. The van der Waals surface area contributed by atoms with Crippen molar-refractivity contribution in [1.29, 1.82) is 0 Å². The summed E-state index contributed by atoms with van der Waals surface area (Å²) in [7, 11) is 0. The van der Waals surface area contributed by atoms with Crippen LogP contribution in [0, 0.1) is 13.8 Å². The van der Waals surface area contributed by atoms with Crippen LogP contribution in [-0.2, 0) is 6.42 Å². The zero-order valence-electron chi connectivity index (χ0n) is 11.8. The first kappa shape index (κ1) is 13.1. The third-order valence-electron chi connectivity index (χ3n) is 4.17. The van der Waals surface area contributed by atoms with E-state index in [-0.39, 0.29) is 0 Å². The SMILES string of the molecule is Cc1sc2cc(CCN3CCNCC3)ccc2c1C. The molecule has 102 valence electrons. The minimum atomic E-state index is 1.14. The molecule has 0 radical (unpaired) electrons. The summed E-state index contributed by atoms with van der Waals surface area (Å²) in [4.78, 5) is 4.01. The number of benzene rings is 1. The van der Waals surface area contributed by atoms with Gasteiger partial charge in [-0.05, 0) is 42.8 Å². The summed E-state index contributed by atoms with van der Waals surface area (Å²) in [6.07, 6.45) is 1.17. The van der Waals surface area contributed by atoms with E-state index in [1.165, 1.54) is 52.1 Å². The fourth-order valence-electron chi connectivity index (χ4n) is 2.77. The third kappa shape index (κ3) is 2.83. The van der Waals surface area contributed by atoms with Crippen LogP contribution in [0.2, 0.25) is 0 Å². The number of fused-ring (bicyclic) bond motifs is 1. The van der Waals surface area contributed by atoms with Crippen LogP contribution >= 0.6 is 11.3 Å². The number of hydrogen-bond donors (Lipinski definition) is 1. The number of nitrogens with one attached hydrogen (secondary N) is 1. The molecule has 2 nitrogen and oxygen atoms in total. The molecule has 1 aromatic heterocycles. The Bertz CT molecular complexity index is 567. The van der Waals surface area contributed by atoms with E-state index in [0.29, 0.717) is 0 Å². The van der Waals surface area contributed by atoms with Crippen LogP contribution in [0.3, 0.4) is 0 Å². The molecule has 19 heavy (non-hydrogen) atoms. The van der Waals surface area contributed by atoms with Crippen molar-refractivity contribution in [2.24, 2.45) is 0 Å². The molecule has 1 saturated heterocycles. The van der Waals surface area contributed by atoms with E-state index < -0.39 is 0 Å². The van der Waals surface area contributed by atoms with Crippen LogP contribution in [-0.4, -0.2) is 37.6 Å². The van der Waals surface area contributed by atoms with Gasteiger partial charge in [-0.25, -0.2) is 0 Å². The van der Waals surface area contributed by atoms with Gasteiger partial charge in [0.1, 0.15) is 0 Å². The summed E-state index contributed by atoms with van der Waals surface area (Å²) in [5.41, 5.74) is 2.93. The summed E-state index contributed by atoms with van der Waals surface area (Å²) >= 11 is 1.93. The highest BCUT2D eigenvalue weighted by atomic mass is 32.1. The van der Waals surface area contributed by atoms with Crippen LogP contribution in [0.5, 0.6) is 0 Å². The average molecular weight is 274 g/mol. The maximum atomic E-state index is 3.41.